The molecule has 2 nitrogen and oxygen atoms in total. The van der Waals surface area contributed by atoms with Crippen molar-refractivity contribution < 1.29 is 4.74 Å². The molecule has 0 spiro atoms. The van der Waals surface area contributed by atoms with Crippen LogP contribution < -0.4 is 5.32 Å². The maximum atomic E-state index is 5.74. The van der Waals surface area contributed by atoms with Gasteiger partial charge in [-0.3, -0.25) is 0 Å². The summed E-state index contributed by atoms with van der Waals surface area (Å²) in [4.78, 5) is 0. The highest BCUT2D eigenvalue weighted by atomic mass is 16.5. The van der Waals surface area contributed by atoms with Crippen LogP contribution in [0.15, 0.2) is 0 Å². The van der Waals surface area contributed by atoms with Crippen molar-refractivity contribution in [1.82, 2.24) is 5.32 Å². The van der Waals surface area contributed by atoms with Crippen LogP contribution in [0.5, 0.6) is 0 Å². The Hall–Kier alpha value is -0.0800. The first kappa shape index (κ1) is 15.3. The van der Waals surface area contributed by atoms with Crippen molar-refractivity contribution in [3.63, 3.8) is 0 Å². The Morgan fingerprint density at radius 2 is 1.79 bits per heavy atom. The fourth-order valence-electron chi connectivity index (χ4n) is 3.80. The van der Waals surface area contributed by atoms with E-state index in [2.05, 4.69) is 19.2 Å². The number of rotatable bonds is 7. The highest BCUT2D eigenvalue weighted by molar-refractivity contribution is 4.78. The van der Waals surface area contributed by atoms with Crippen LogP contribution in [0.1, 0.15) is 71.6 Å². The second-order valence-electron chi connectivity index (χ2n) is 6.93. The molecule has 0 aromatic heterocycles. The van der Waals surface area contributed by atoms with E-state index in [0.29, 0.717) is 12.1 Å². The zero-order valence-electron chi connectivity index (χ0n) is 13.0. The van der Waals surface area contributed by atoms with Crippen LogP contribution in [-0.4, -0.2) is 25.3 Å². The zero-order valence-corrected chi connectivity index (χ0v) is 13.0. The SMILES string of the molecule is CC(C)NCC1CCCCC1CCCC1CCCO1. The normalized spacial score (nSPS) is 32.1. The molecule has 1 saturated heterocycles. The Morgan fingerprint density at radius 3 is 2.47 bits per heavy atom. The molecule has 2 aliphatic rings. The fourth-order valence-corrected chi connectivity index (χ4v) is 3.80. The Labute approximate surface area is 119 Å². The number of nitrogens with one attached hydrogen (secondary N) is 1. The van der Waals surface area contributed by atoms with E-state index in [1.54, 1.807) is 0 Å². The number of hydrogen-bond acceptors (Lipinski definition) is 2. The average molecular weight is 267 g/mol. The summed E-state index contributed by atoms with van der Waals surface area (Å²) in [6.07, 6.45) is 13.1. The van der Waals surface area contributed by atoms with E-state index in [1.165, 1.54) is 64.3 Å². The third kappa shape index (κ3) is 5.43. The monoisotopic (exact) mass is 267 g/mol. The second kappa shape index (κ2) is 8.26. The first-order valence-corrected chi connectivity index (χ1v) is 8.60. The first-order chi connectivity index (χ1) is 9.25. The fraction of sp³-hybridized carbons (Fsp3) is 1.00. The molecule has 2 rings (SSSR count). The third-order valence-electron chi connectivity index (χ3n) is 4.98. The Balaban J connectivity index is 1.66. The van der Waals surface area contributed by atoms with Gasteiger partial charge in [-0.15, -0.1) is 0 Å². The van der Waals surface area contributed by atoms with Crippen molar-refractivity contribution in [2.24, 2.45) is 11.8 Å². The molecule has 1 N–H and O–H groups in total. The molecule has 112 valence electrons. The average Bonchev–Trinajstić information content (AvgIpc) is 2.91. The molecule has 0 aromatic rings. The summed E-state index contributed by atoms with van der Waals surface area (Å²) in [5.74, 6) is 1.90. The largest absolute Gasteiger partial charge is 0.378 e. The molecule has 1 heterocycles. The van der Waals surface area contributed by atoms with Crippen LogP contribution >= 0.6 is 0 Å². The molecule has 0 radical (unpaired) electrons. The molecule has 3 unspecified atom stereocenters. The smallest absolute Gasteiger partial charge is 0.0576 e. The second-order valence-corrected chi connectivity index (χ2v) is 6.93. The minimum atomic E-state index is 0.593. The van der Waals surface area contributed by atoms with Gasteiger partial charge in [0.05, 0.1) is 6.10 Å². The van der Waals surface area contributed by atoms with Gasteiger partial charge in [0.2, 0.25) is 0 Å². The Bertz CT molecular complexity index is 235. The maximum absolute atomic E-state index is 5.74. The summed E-state index contributed by atoms with van der Waals surface area (Å²) in [5, 5.41) is 3.65. The van der Waals surface area contributed by atoms with Crippen molar-refractivity contribution in [3.8, 4) is 0 Å². The van der Waals surface area contributed by atoms with Gasteiger partial charge in [0, 0.05) is 12.6 Å². The van der Waals surface area contributed by atoms with E-state index in [4.69, 9.17) is 4.74 Å². The summed E-state index contributed by atoms with van der Waals surface area (Å²) < 4.78 is 5.74. The van der Waals surface area contributed by atoms with E-state index < -0.39 is 0 Å². The third-order valence-corrected chi connectivity index (χ3v) is 4.98. The minimum Gasteiger partial charge on any atom is -0.378 e. The molecule has 3 atom stereocenters. The van der Waals surface area contributed by atoms with Crippen LogP contribution in [0.25, 0.3) is 0 Å². The summed E-state index contributed by atoms with van der Waals surface area (Å²) in [6.45, 7) is 6.77. The van der Waals surface area contributed by atoms with Crippen LogP contribution in [-0.2, 0) is 4.74 Å². The summed E-state index contributed by atoms with van der Waals surface area (Å²) in [5.41, 5.74) is 0. The zero-order chi connectivity index (χ0) is 13.5. The van der Waals surface area contributed by atoms with Gasteiger partial charge < -0.3 is 10.1 Å². The lowest BCUT2D eigenvalue weighted by Crippen LogP contribution is -2.34. The molecule has 0 amide bonds. The van der Waals surface area contributed by atoms with Gasteiger partial charge in [0.1, 0.15) is 0 Å². The van der Waals surface area contributed by atoms with E-state index in [0.717, 1.165) is 18.4 Å². The maximum Gasteiger partial charge on any atom is 0.0576 e. The molecule has 2 fully saturated rings. The van der Waals surface area contributed by atoms with E-state index in [-0.39, 0.29) is 0 Å². The van der Waals surface area contributed by atoms with Gasteiger partial charge in [-0.25, -0.2) is 0 Å². The topological polar surface area (TPSA) is 21.3 Å². The number of ether oxygens (including phenoxy) is 1. The van der Waals surface area contributed by atoms with Crippen LogP contribution in [0.2, 0.25) is 0 Å². The predicted octanol–water partition coefficient (Wildman–Crippen LogP) is 4.14. The van der Waals surface area contributed by atoms with Crippen molar-refractivity contribution >= 4 is 0 Å². The number of hydrogen-bond donors (Lipinski definition) is 1. The molecule has 1 aliphatic heterocycles. The molecule has 2 heteroatoms. The molecule has 1 aliphatic carbocycles. The first-order valence-electron chi connectivity index (χ1n) is 8.60. The van der Waals surface area contributed by atoms with Crippen LogP contribution in [0.4, 0.5) is 0 Å². The molecule has 1 saturated carbocycles. The summed E-state index contributed by atoms with van der Waals surface area (Å²) in [6, 6.07) is 0.634. The van der Waals surface area contributed by atoms with Crippen molar-refractivity contribution in [3.05, 3.63) is 0 Å². The molecule has 0 aromatic carbocycles. The van der Waals surface area contributed by atoms with Gasteiger partial charge in [0.25, 0.3) is 0 Å². The molecular weight excluding hydrogens is 234 g/mol. The Morgan fingerprint density at radius 1 is 1.00 bits per heavy atom. The summed E-state index contributed by atoms with van der Waals surface area (Å²) in [7, 11) is 0. The lowest BCUT2D eigenvalue weighted by atomic mass is 9.76. The van der Waals surface area contributed by atoms with E-state index in [9.17, 15) is 0 Å². The van der Waals surface area contributed by atoms with E-state index >= 15 is 0 Å². The van der Waals surface area contributed by atoms with Crippen LogP contribution in [0, 0.1) is 11.8 Å². The lowest BCUT2D eigenvalue weighted by Gasteiger charge is -2.32. The van der Waals surface area contributed by atoms with Gasteiger partial charge in [-0.2, -0.15) is 0 Å². The van der Waals surface area contributed by atoms with Gasteiger partial charge in [-0.1, -0.05) is 46.0 Å². The standard InChI is InChI=1S/C17H33NO/c1-14(2)18-13-16-8-4-3-7-15(16)9-5-10-17-11-6-12-19-17/h14-18H,3-13H2,1-2H3. The lowest BCUT2D eigenvalue weighted by molar-refractivity contribution is 0.0978. The molecular formula is C17H33NO. The van der Waals surface area contributed by atoms with E-state index in [1.807, 2.05) is 0 Å². The highest BCUT2D eigenvalue weighted by Crippen LogP contribution is 2.33. The van der Waals surface area contributed by atoms with Gasteiger partial charge >= 0.3 is 0 Å². The van der Waals surface area contributed by atoms with Crippen LogP contribution in [0.3, 0.4) is 0 Å². The highest BCUT2D eigenvalue weighted by Gasteiger charge is 2.25. The van der Waals surface area contributed by atoms with Crippen molar-refractivity contribution in [1.29, 1.82) is 0 Å². The Kier molecular flexibility index (Phi) is 6.66. The minimum absolute atomic E-state index is 0.593. The predicted molar refractivity (Wildman–Crippen MR) is 81.4 cm³/mol. The van der Waals surface area contributed by atoms with Gasteiger partial charge in [0.15, 0.2) is 0 Å². The quantitative estimate of drug-likeness (QED) is 0.748. The van der Waals surface area contributed by atoms with Crippen molar-refractivity contribution in [2.75, 3.05) is 13.2 Å². The van der Waals surface area contributed by atoms with Gasteiger partial charge in [-0.05, 0) is 44.1 Å². The molecule has 19 heavy (non-hydrogen) atoms. The molecule has 0 bridgehead atoms. The van der Waals surface area contributed by atoms with Crippen molar-refractivity contribution in [2.45, 2.75) is 83.8 Å². The summed E-state index contributed by atoms with van der Waals surface area (Å²) >= 11 is 0.